The molecule has 1 nitrogen and oxygen atoms in total. The molecule has 0 bridgehead atoms. The van der Waals surface area contributed by atoms with Crippen LogP contribution in [0.3, 0.4) is 0 Å². The van der Waals surface area contributed by atoms with Gasteiger partial charge in [0.25, 0.3) is 0 Å². The molecule has 1 aliphatic heterocycles. The molecule has 0 spiro atoms. The predicted molar refractivity (Wildman–Crippen MR) is 38.9 cm³/mol. The fourth-order valence-electron chi connectivity index (χ4n) is 0.874. The van der Waals surface area contributed by atoms with Crippen LogP contribution in [0.25, 0.3) is 0 Å². The van der Waals surface area contributed by atoms with E-state index in [1.807, 2.05) is 11.9 Å². The van der Waals surface area contributed by atoms with Crippen molar-refractivity contribution in [1.29, 1.82) is 0 Å². The van der Waals surface area contributed by atoms with Crippen molar-refractivity contribution in [3.63, 3.8) is 0 Å². The average Bonchev–Trinajstić information content (AvgIpc) is 2.12. The molecule has 0 atom stereocenters. The first-order chi connectivity index (χ1) is 3.80. The van der Waals surface area contributed by atoms with E-state index in [0.717, 1.165) is 6.04 Å². The van der Waals surface area contributed by atoms with Crippen LogP contribution in [0.2, 0.25) is 0 Å². The molecule has 0 amide bonds. The van der Waals surface area contributed by atoms with Crippen LogP contribution in [-0.2, 0) is 0 Å². The molecule has 0 saturated carbocycles. The minimum atomic E-state index is 0.738. The first-order valence-corrected chi connectivity index (χ1v) is 4.14. The van der Waals surface area contributed by atoms with Crippen LogP contribution in [-0.4, -0.2) is 22.6 Å². The molecule has 1 saturated heterocycles. The van der Waals surface area contributed by atoms with Crippen molar-refractivity contribution in [1.82, 2.24) is 4.31 Å². The molecule has 0 aromatic rings. The first kappa shape index (κ1) is 6.43. The zero-order chi connectivity index (χ0) is 5.98. The van der Waals surface area contributed by atoms with E-state index in [0.29, 0.717) is 0 Å². The van der Waals surface area contributed by atoms with Gasteiger partial charge in [0.05, 0.1) is 0 Å². The third-order valence-electron chi connectivity index (χ3n) is 1.36. The van der Waals surface area contributed by atoms with Gasteiger partial charge in [0, 0.05) is 18.3 Å². The number of hydrogen-bond donors (Lipinski definition) is 0. The number of hydrogen-bond acceptors (Lipinski definition) is 2. The van der Waals surface area contributed by atoms with Gasteiger partial charge in [-0.3, -0.25) is 0 Å². The molecular formula is C6H13NS. The first-order valence-electron chi connectivity index (χ1n) is 3.20. The Hall–Kier alpha value is 0.310. The lowest BCUT2D eigenvalue weighted by molar-refractivity contribution is 0.417. The minimum Gasteiger partial charge on any atom is -0.248 e. The topological polar surface area (TPSA) is 3.24 Å². The van der Waals surface area contributed by atoms with Crippen LogP contribution in [0.5, 0.6) is 0 Å². The number of nitrogens with zero attached hydrogens (tertiary/aromatic N) is 1. The summed E-state index contributed by atoms with van der Waals surface area (Å²) in [5, 5.41) is 0. The number of rotatable bonds is 1. The highest BCUT2D eigenvalue weighted by Gasteiger charge is 2.14. The maximum atomic E-state index is 2.44. The zero-order valence-electron chi connectivity index (χ0n) is 5.55. The smallest absolute Gasteiger partial charge is 0.0146 e. The maximum Gasteiger partial charge on any atom is 0.0146 e. The summed E-state index contributed by atoms with van der Waals surface area (Å²) in [5.74, 6) is 1.33. The highest BCUT2D eigenvalue weighted by molar-refractivity contribution is 7.97. The van der Waals surface area contributed by atoms with Crippen LogP contribution >= 0.6 is 11.9 Å². The molecule has 0 aromatic carbocycles. The van der Waals surface area contributed by atoms with Crippen molar-refractivity contribution in [2.45, 2.75) is 26.3 Å². The van der Waals surface area contributed by atoms with Crippen LogP contribution in [0.15, 0.2) is 0 Å². The molecule has 0 N–H and O–H groups in total. The monoisotopic (exact) mass is 131 g/mol. The molecule has 0 aliphatic carbocycles. The van der Waals surface area contributed by atoms with Gasteiger partial charge in [-0.15, -0.1) is 0 Å². The largest absolute Gasteiger partial charge is 0.248 e. The molecule has 1 heterocycles. The molecular weight excluding hydrogens is 118 g/mol. The van der Waals surface area contributed by atoms with Crippen LogP contribution < -0.4 is 0 Å². The Kier molecular flexibility index (Phi) is 2.20. The molecule has 0 unspecified atom stereocenters. The molecule has 8 heavy (non-hydrogen) atoms. The van der Waals surface area contributed by atoms with E-state index in [4.69, 9.17) is 0 Å². The standard InChI is InChI=1S/C6H13NS/c1-6(2)7-4-3-5-8-7/h6H,3-5H2,1-2H3. The second kappa shape index (κ2) is 2.74. The van der Waals surface area contributed by atoms with E-state index in [-0.39, 0.29) is 0 Å². The van der Waals surface area contributed by atoms with Crippen molar-refractivity contribution in [2.24, 2.45) is 0 Å². The second-order valence-corrected chi connectivity index (χ2v) is 3.56. The zero-order valence-corrected chi connectivity index (χ0v) is 6.37. The lowest BCUT2D eigenvalue weighted by atomic mass is 10.4. The van der Waals surface area contributed by atoms with E-state index in [2.05, 4.69) is 18.2 Å². The fourth-order valence-corrected chi connectivity index (χ4v) is 1.92. The minimum absolute atomic E-state index is 0.738. The highest BCUT2D eigenvalue weighted by Crippen LogP contribution is 2.21. The van der Waals surface area contributed by atoms with Gasteiger partial charge in [-0.2, -0.15) is 0 Å². The van der Waals surface area contributed by atoms with Crippen molar-refractivity contribution < 1.29 is 0 Å². The van der Waals surface area contributed by atoms with Gasteiger partial charge in [-0.05, 0) is 20.3 Å². The van der Waals surface area contributed by atoms with Crippen molar-refractivity contribution in [2.75, 3.05) is 12.3 Å². The van der Waals surface area contributed by atoms with Gasteiger partial charge in [-0.25, -0.2) is 4.31 Å². The molecule has 1 aliphatic rings. The van der Waals surface area contributed by atoms with Gasteiger partial charge in [-0.1, -0.05) is 11.9 Å². The average molecular weight is 131 g/mol. The Labute approximate surface area is 55.6 Å². The molecule has 0 radical (unpaired) electrons. The SMILES string of the molecule is CC(C)N1CCCS1. The van der Waals surface area contributed by atoms with Gasteiger partial charge >= 0.3 is 0 Å². The normalized spacial score (nSPS) is 22.9. The third kappa shape index (κ3) is 1.39. The Balaban J connectivity index is 2.24. The lowest BCUT2D eigenvalue weighted by Crippen LogP contribution is -2.19. The van der Waals surface area contributed by atoms with Gasteiger partial charge < -0.3 is 0 Å². The van der Waals surface area contributed by atoms with E-state index in [1.54, 1.807) is 0 Å². The van der Waals surface area contributed by atoms with Crippen molar-refractivity contribution in [3.05, 3.63) is 0 Å². The van der Waals surface area contributed by atoms with Gasteiger partial charge in [0.1, 0.15) is 0 Å². The Bertz CT molecular complexity index is 66.9. The summed E-state index contributed by atoms with van der Waals surface area (Å²) in [6, 6.07) is 0.738. The summed E-state index contributed by atoms with van der Waals surface area (Å²) in [6.45, 7) is 5.79. The van der Waals surface area contributed by atoms with E-state index >= 15 is 0 Å². The van der Waals surface area contributed by atoms with Crippen LogP contribution in [0.1, 0.15) is 20.3 Å². The summed E-state index contributed by atoms with van der Waals surface area (Å²) in [5.41, 5.74) is 0. The van der Waals surface area contributed by atoms with Crippen molar-refractivity contribution in [3.8, 4) is 0 Å². The molecule has 1 rings (SSSR count). The van der Waals surface area contributed by atoms with Gasteiger partial charge in [0.2, 0.25) is 0 Å². The summed E-state index contributed by atoms with van der Waals surface area (Å²) in [4.78, 5) is 0. The fraction of sp³-hybridized carbons (Fsp3) is 1.00. The second-order valence-electron chi connectivity index (χ2n) is 2.42. The molecule has 1 fully saturated rings. The Morgan fingerprint density at radius 3 is 2.50 bits per heavy atom. The lowest BCUT2D eigenvalue weighted by Gasteiger charge is -2.16. The molecule has 0 aromatic heterocycles. The van der Waals surface area contributed by atoms with E-state index in [9.17, 15) is 0 Å². The quantitative estimate of drug-likeness (QED) is 0.499. The predicted octanol–water partition coefficient (Wildman–Crippen LogP) is 1.75. The Morgan fingerprint density at radius 1 is 1.50 bits per heavy atom. The maximum absolute atomic E-state index is 2.44. The Morgan fingerprint density at radius 2 is 2.25 bits per heavy atom. The van der Waals surface area contributed by atoms with E-state index in [1.165, 1.54) is 18.7 Å². The summed E-state index contributed by atoms with van der Waals surface area (Å²) in [6.07, 6.45) is 1.38. The van der Waals surface area contributed by atoms with Crippen LogP contribution in [0, 0.1) is 0 Å². The third-order valence-corrected chi connectivity index (χ3v) is 2.76. The summed E-state index contributed by atoms with van der Waals surface area (Å²) in [7, 11) is 0. The van der Waals surface area contributed by atoms with E-state index < -0.39 is 0 Å². The van der Waals surface area contributed by atoms with Crippen molar-refractivity contribution >= 4 is 11.9 Å². The molecule has 2 heteroatoms. The molecule has 48 valence electrons. The van der Waals surface area contributed by atoms with Gasteiger partial charge in [0.15, 0.2) is 0 Å². The highest BCUT2D eigenvalue weighted by atomic mass is 32.2. The summed E-state index contributed by atoms with van der Waals surface area (Å²) < 4.78 is 2.44. The summed E-state index contributed by atoms with van der Waals surface area (Å²) >= 11 is 1.98. The van der Waals surface area contributed by atoms with Crippen LogP contribution in [0.4, 0.5) is 0 Å².